The first-order valence-corrected chi connectivity index (χ1v) is 6.59. The number of nitrogens with zero attached hydrogens (tertiary/aromatic N) is 1. The van der Waals surface area contributed by atoms with Gasteiger partial charge in [-0.1, -0.05) is 0 Å². The predicted octanol–water partition coefficient (Wildman–Crippen LogP) is 0.715. The number of rotatable bonds is 2. The monoisotopic (exact) mass is 281 g/mol. The molecule has 100 valence electrons. The van der Waals surface area contributed by atoms with Crippen LogP contribution in [0.15, 0.2) is 12.1 Å². The first kappa shape index (κ1) is 12.0. The van der Waals surface area contributed by atoms with Crippen LogP contribution in [0.4, 0.5) is 5.13 Å². The fourth-order valence-corrected chi connectivity index (χ4v) is 2.93. The highest BCUT2D eigenvalue weighted by atomic mass is 32.1. The van der Waals surface area contributed by atoms with E-state index in [1.807, 2.05) is 12.1 Å². The van der Waals surface area contributed by atoms with Crippen molar-refractivity contribution in [3.8, 4) is 11.5 Å². The molecule has 1 aliphatic heterocycles. The highest BCUT2D eigenvalue weighted by Crippen LogP contribution is 2.36. The topological polar surface area (TPSA) is 74.7 Å². The Morgan fingerprint density at radius 3 is 2.79 bits per heavy atom. The molecule has 2 N–H and O–H groups in total. The molecule has 0 fully saturated rings. The van der Waals surface area contributed by atoms with Crippen LogP contribution >= 0.6 is 11.3 Å². The third-order valence-corrected chi connectivity index (χ3v) is 3.89. The fraction of sp³-hybridized carbons (Fsp3) is 0.333. The summed E-state index contributed by atoms with van der Waals surface area (Å²) in [6.07, 6.45) is 0. The molecule has 6 nitrogen and oxygen atoms in total. The first-order chi connectivity index (χ1) is 9.19. The summed E-state index contributed by atoms with van der Waals surface area (Å²) in [6.45, 7) is 1.15. The molecule has 7 heteroatoms. The summed E-state index contributed by atoms with van der Waals surface area (Å²) < 4.78 is 18.4. The maximum Gasteiger partial charge on any atom is 0.348 e. The number of benzene rings is 1. The first-order valence-electron chi connectivity index (χ1n) is 5.77. The van der Waals surface area contributed by atoms with Crippen molar-refractivity contribution in [1.82, 2.24) is 0 Å². The lowest BCUT2D eigenvalue weighted by atomic mass is 10.2. The largest absolute Gasteiger partial charge is 0.486 e. The molecular weight excluding hydrogens is 268 g/mol. The Morgan fingerprint density at radius 2 is 2.11 bits per heavy atom. The Hall–Kier alpha value is -2.02. The van der Waals surface area contributed by atoms with Gasteiger partial charge in [0.1, 0.15) is 18.7 Å². The Kier molecular flexibility index (Phi) is 2.90. The minimum absolute atomic E-state index is 0.0853. The van der Waals surface area contributed by atoms with E-state index in [4.69, 9.17) is 15.2 Å². The van der Waals surface area contributed by atoms with Crippen molar-refractivity contribution in [2.45, 2.75) is 6.54 Å². The number of nitrogens with two attached hydrogens (primary N) is 1. The zero-order valence-corrected chi connectivity index (χ0v) is 11.2. The molecule has 2 aromatic rings. The molecule has 1 aromatic heterocycles. The molecule has 1 aliphatic rings. The van der Waals surface area contributed by atoms with Gasteiger partial charge in [0.15, 0.2) is 18.0 Å². The van der Waals surface area contributed by atoms with Crippen molar-refractivity contribution in [2.24, 2.45) is 0 Å². The Labute approximate surface area is 113 Å². The smallest absolute Gasteiger partial charge is 0.348 e. The van der Waals surface area contributed by atoms with Crippen LogP contribution in [0.5, 0.6) is 11.5 Å². The number of carbonyl (C=O) groups is 1. The predicted molar refractivity (Wildman–Crippen MR) is 69.4 cm³/mol. The summed E-state index contributed by atoms with van der Waals surface area (Å²) in [6, 6.07) is 3.73. The maximum atomic E-state index is 11.4. The van der Waals surface area contributed by atoms with Gasteiger partial charge >= 0.3 is 11.1 Å². The normalized spacial score (nSPS) is 13.5. The van der Waals surface area contributed by atoms with Crippen molar-refractivity contribution in [2.75, 3.05) is 26.1 Å². The van der Waals surface area contributed by atoms with E-state index >= 15 is 0 Å². The number of esters is 1. The van der Waals surface area contributed by atoms with E-state index in [1.165, 1.54) is 18.4 Å². The second-order valence-corrected chi connectivity index (χ2v) is 5.13. The van der Waals surface area contributed by atoms with Crippen molar-refractivity contribution in [3.63, 3.8) is 0 Å². The van der Waals surface area contributed by atoms with Crippen LogP contribution in [-0.4, -0.2) is 26.3 Å². The minimum Gasteiger partial charge on any atom is -0.486 e. The van der Waals surface area contributed by atoms with Gasteiger partial charge in [-0.3, -0.25) is 5.73 Å². The van der Waals surface area contributed by atoms with E-state index in [2.05, 4.69) is 4.74 Å². The third-order valence-electron chi connectivity index (χ3n) is 2.91. The van der Waals surface area contributed by atoms with E-state index in [0.29, 0.717) is 29.8 Å². The second-order valence-electron chi connectivity index (χ2n) is 4.07. The van der Waals surface area contributed by atoms with E-state index in [9.17, 15) is 4.79 Å². The van der Waals surface area contributed by atoms with Crippen LogP contribution in [0.2, 0.25) is 0 Å². The van der Waals surface area contributed by atoms with Crippen LogP contribution in [0, 0.1) is 0 Å². The maximum absolute atomic E-state index is 11.4. The minimum atomic E-state index is -0.341. The molecule has 3 rings (SSSR count). The summed E-state index contributed by atoms with van der Waals surface area (Å²) in [5.41, 5.74) is 6.79. The number of anilines is 1. The van der Waals surface area contributed by atoms with Crippen LogP contribution in [0.25, 0.3) is 10.2 Å². The number of carbonyl (C=O) groups excluding carboxylic acids is 1. The zero-order chi connectivity index (χ0) is 13.4. The van der Waals surface area contributed by atoms with Gasteiger partial charge in [0.25, 0.3) is 0 Å². The van der Waals surface area contributed by atoms with Crippen molar-refractivity contribution >= 4 is 32.7 Å². The van der Waals surface area contributed by atoms with Crippen LogP contribution in [0.3, 0.4) is 0 Å². The van der Waals surface area contributed by atoms with E-state index in [-0.39, 0.29) is 12.5 Å². The van der Waals surface area contributed by atoms with E-state index in [0.717, 1.165) is 10.2 Å². The number of nitrogen functional groups attached to an aromatic ring is 1. The van der Waals surface area contributed by atoms with Gasteiger partial charge in [-0.25, -0.2) is 9.36 Å². The summed E-state index contributed by atoms with van der Waals surface area (Å²) in [4.78, 5) is 11.4. The zero-order valence-electron chi connectivity index (χ0n) is 10.3. The molecule has 0 saturated heterocycles. The molecule has 0 aliphatic carbocycles. The third kappa shape index (κ3) is 2.06. The van der Waals surface area contributed by atoms with Crippen LogP contribution in [-0.2, 0) is 16.1 Å². The Morgan fingerprint density at radius 1 is 1.42 bits per heavy atom. The van der Waals surface area contributed by atoms with Crippen LogP contribution < -0.4 is 19.8 Å². The molecule has 0 amide bonds. The van der Waals surface area contributed by atoms with Gasteiger partial charge in [-0.2, -0.15) is 0 Å². The molecule has 0 saturated carbocycles. The van der Waals surface area contributed by atoms with E-state index in [1.54, 1.807) is 4.57 Å². The number of ether oxygens (including phenoxy) is 3. The standard InChI is InChI=1S/C12H12N2O4S/c1-16-11(15)6-14-7-4-8-9(18-3-2-17-8)5-10(7)19-12(14)13/h4-5,13H,2-3,6H2,1H3/p+1. The number of hydrogen-bond donors (Lipinski definition) is 1. The number of fused-ring (bicyclic) bond motifs is 2. The van der Waals surface area contributed by atoms with Crippen molar-refractivity contribution in [1.29, 1.82) is 0 Å². The highest BCUT2D eigenvalue weighted by Gasteiger charge is 2.22. The van der Waals surface area contributed by atoms with Gasteiger partial charge in [-0.05, 0) is 11.3 Å². The number of aromatic nitrogens is 1. The van der Waals surface area contributed by atoms with Crippen molar-refractivity contribution < 1.29 is 23.6 Å². The van der Waals surface area contributed by atoms with Gasteiger partial charge in [0.05, 0.1) is 11.8 Å². The molecule has 2 heterocycles. The average Bonchev–Trinajstić information content (AvgIpc) is 2.72. The van der Waals surface area contributed by atoms with Crippen LogP contribution in [0.1, 0.15) is 0 Å². The summed E-state index contributed by atoms with van der Waals surface area (Å²) in [5, 5.41) is 0.544. The summed E-state index contributed by atoms with van der Waals surface area (Å²) in [7, 11) is 1.35. The number of thiazole rings is 1. The van der Waals surface area contributed by atoms with Gasteiger partial charge in [0, 0.05) is 12.1 Å². The Bertz CT molecular complexity index is 653. The van der Waals surface area contributed by atoms with Gasteiger partial charge in [-0.15, -0.1) is 0 Å². The van der Waals surface area contributed by atoms with E-state index < -0.39 is 0 Å². The molecule has 0 radical (unpaired) electrons. The molecular formula is C12H13N2O4S+. The SMILES string of the molecule is COC(=O)C[n+]1c(N)sc2cc3c(cc21)OCCO3. The molecule has 19 heavy (non-hydrogen) atoms. The second kappa shape index (κ2) is 4.58. The summed E-state index contributed by atoms with van der Waals surface area (Å²) >= 11 is 1.40. The van der Waals surface area contributed by atoms with Crippen molar-refractivity contribution in [3.05, 3.63) is 12.1 Å². The average molecular weight is 281 g/mol. The Balaban J connectivity index is 2.11. The fourth-order valence-electron chi connectivity index (χ4n) is 2.00. The molecule has 1 aromatic carbocycles. The molecule has 0 bridgehead atoms. The lowest BCUT2D eigenvalue weighted by molar-refractivity contribution is -0.641. The van der Waals surface area contributed by atoms with Gasteiger partial charge in [0.2, 0.25) is 0 Å². The molecule has 0 spiro atoms. The molecule has 0 unspecified atom stereocenters. The quantitative estimate of drug-likeness (QED) is 0.648. The molecule has 0 atom stereocenters. The lowest BCUT2D eigenvalue weighted by Gasteiger charge is -2.17. The number of hydrogen-bond acceptors (Lipinski definition) is 6. The van der Waals surface area contributed by atoms with Gasteiger partial charge < -0.3 is 14.2 Å². The highest BCUT2D eigenvalue weighted by molar-refractivity contribution is 7.21. The summed E-state index contributed by atoms with van der Waals surface area (Å²) in [5.74, 6) is 1.05. The number of methoxy groups -OCH3 is 1. The lowest BCUT2D eigenvalue weighted by Crippen LogP contribution is -2.39.